The molecule has 3 saturated heterocycles. The number of likely N-dealkylation sites (tertiary alicyclic amines) is 1. The molecule has 4 aromatic carbocycles. The Morgan fingerprint density at radius 1 is 0.926 bits per heavy atom. The first-order chi connectivity index (χ1) is 32.8. The Morgan fingerprint density at radius 2 is 1.71 bits per heavy atom. The first-order valence-electron chi connectivity index (χ1n) is 22.6. The van der Waals surface area contributed by atoms with E-state index in [9.17, 15) is 24.4 Å². The van der Waals surface area contributed by atoms with E-state index in [1.807, 2.05) is 28.9 Å². The molecule has 3 fully saturated rings. The first-order valence-corrected chi connectivity index (χ1v) is 22.6. The van der Waals surface area contributed by atoms with Gasteiger partial charge in [0.1, 0.15) is 5.75 Å². The SMILES string of the molecule is CCOc1cc([C@@H](CC#N)N2C(=O)c3cccc(N4CCN([C@H]5CCN(CCc6ccc(Oc7cc8c(cc7F)c(N7CCC(=O)NC7=O)nn8C)cc6)CC5(F)F)CC4)c3C2=O)ccc1OC. The molecule has 5 amide bonds. The molecule has 5 heterocycles. The van der Waals surface area contributed by atoms with Crippen molar-refractivity contribution in [3.05, 3.63) is 101 Å². The summed E-state index contributed by atoms with van der Waals surface area (Å²) in [5, 5.41) is 16.8. The van der Waals surface area contributed by atoms with E-state index in [0.29, 0.717) is 91.7 Å². The maximum absolute atomic E-state index is 16.0. The van der Waals surface area contributed by atoms with Crippen LogP contribution in [-0.4, -0.2) is 126 Å². The van der Waals surface area contributed by atoms with Gasteiger partial charge in [-0.2, -0.15) is 10.4 Å². The predicted octanol–water partition coefficient (Wildman–Crippen LogP) is 6.68. The molecule has 0 aliphatic carbocycles. The van der Waals surface area contributed by atoms with Gasteiger partial charge in [0.15, 0.2) is 28.9 Å². The maximum atomic E-state index is 16.0. The average molecular weight is 934 g/mol. The zero-order valence-corrected chi connectivity index (χ0v) is 37.8. The number of benzene rings is 4. The van der Waals surface area contributed by atoms with E-state index in [1.165, 1.54) is 28.8 Å². The topological polar surface area (TPSA) is 166 Å². The number of fused-ring (bicyclic) bond motifs is 2. The fourth-order valence-electron chi connectivity index (χ4n) is 9.78. The van der Waals surface area contributed by atoms with Gasteiger partial charge in [0, 0.05) is 70.7 Å². The molecule has 0 saturated carbocycles. The van der Waals surface area contributed by atoms with Crippen molar-refractivity contribution in [3.63, 3.8) is 0 Å². The molecule has 2 atom stereocenters. The summed E-state index contributed by atoms with van der Waals surface area (Å²) in [6.45, 7) is 4.25. The van der Waals surface area contributed by atoms with E-state index in [0.717, 1.165) is 10.5 Å². The van der Waals surface area contributed by atoms with Crippen LogP contribution in [0.2, 0.25) is 0 Å². The van der Waals surface area contributed by atoms with Crippen LogP contribution in [0.15, 0.2) is 72.8 Å². The molecule has 9 rings (SSSR count). The summed E-state index contributed by atoms with van der Waals surface area (Å²) in [5.74, 6) is -3.58. The number of hydrogen-bond acceptors (Lipinski definition) is 12. The number of methoxy groups -OCH3 is 1. The van der Waals surface area contributed by atoms with E-state index >= 15 is 13.2 Å². The van der Waals surface area contributed by atoms with Crippen LogP contribution in [0.3, 0.4) is 0 Å². The van der Waals surface area contributed by atoms with Gasteiger partial charge < -0.3 is 19.1 Å². The summed E-state index contributed by atoms with van der Waals surface area (Å²) in [7, 11) is 3.17. The number of imide groups is 2. The number of halogens is 3. The van der Waals surface area contributed by atoms with Crippen molar-refractivity contribution in [2.24, 2.45) is 7.05 Å². The Bertz CT molecular complexity index is 2820. The minimum absolute atomic E-state index is 0.0454. The second kappa shape index (κ2) is 18.8. The molecule has 4 aliphatic rings. The summed E-state index contributed by atoms with van der Waals surface area (Å²) in [4.78, 5) is 60.3. The zero-order chi connectivity index (χ0) is 47.9. The number of nitriles is 1. The van der Waals surface area contributed by atoms with Crippen molar-refractivity contribution in [2.45, 2.75) is 50.6 Å². The lowest BCUT2D eigenvalue weighted by molar-refractivity contribution is -0.127. The summed E-state index contributed by atoms with van der Waals surface area (Å²) in [6, 6.07) is 19.6. The van der Waals surface area contributed by atoms with Gasteiger partial charge in [0.2, 0.25) is 5.91 Å². The molecule has 19 heteroatoms. The summed E-state index contributed by atoms with van der Waals surface area (Å²) >= 11 is 0. The monoisotopic (exact) mass is 933 g/mol. The van der Waals surface area contributed by atoms with Crippen LogP contribution in [0.4, 0.5) is 29.5 Å². The number of rotatable bonds is 14. The highest BCUT2D eigenvalue weighted by atomic mass is 19.3. The van der Waals surface area contributed by atoms with Crippen molar-refractivity contribution in [2.75, 3.05) is 75.9 Å². The van der Waals surface area contributed by atoms with Crippen LogP contribution in [0.1, 0.15) is 64.1 Å². The molecule has 4 aliphatic heterocycles. The normalized spacial score (nSPS) is 19.2. The van der Waals surface area contributed by atoms with Crippen molar-refractivity contribution < 1.29 is 46.6 Å². The molecule has 68 heavy (non-hydrogen) atoms. The number of carbonyl (C=O) groups is 4. The number of amides is 5. The van der Waals surface area contributed by atoms with E-state index in [-0.39, 0.29) is 61.0 Å². The van der Waals surface area contributed by atoms with E-state index in [1.54, 1.807) is 60.5 Å². The molecule has 0 spiro atoms. The summed E-state index contributed by atoms with van der Waals surface area (Å²) in [6.07, 6.45) is 0.752. The number of carbonyl (C=O) groups excluding carboxylic acids is 4. The van der Waals surface area contributed by atoms with Crippen LogP contribution >= 0.6 is 0 Å². The Balaban J connectivity index is 0.790. The highest BCUT2D eigenvalue weighted by Crippen LogP contribution is 2.41. The van der Waals surface area contributed by atoms with Crippen molar-refractivity contribution in [3.8, 4) is 29.1 Å². The third kappa shape index (κ3) is 8.76. The Morgan fingerprint density at radius 3 is 2.41 bits per heavy atom. The number of piperidine rings is 1. The molecule has 5 aromatic rings. The van der Waals surface area contributed by atoms with Gasteiger partial charge in [0.05, 0.1) is 67.2 Å². The molecule has 1 N–H and O–H groups in total. The number of hydrogen-bond donors (Lipinski definition) is 1. The fourth-order valence-corrected chi connectivity index (χ4v) is 9.78. The molecular weight excluding hydrogens is 884 g/mol. The van der Waals surface area contributed by atoms with E-state index in [2.05, 4.69) is 16.5 Å². The molecule has 0 unspecified atom stereocenters. The lowest BCUT2D eigenvalue weighted by atomic mass is 9.97. The largest absolute Gasteiger partial charge is 0.493 e. The minimum Gasteiger partial charge on any atom is -0.493 e. The third-order valence-corrected chi connectivity index (χ3v) is 13.2. The van der Waals surface area contributed by atoms with Gasteiger partial charge in [-0.15, -0.1) is 0 Å². The van der Waals surface area contributed by atoms with Gasteiger partial charge in [-0.25, -0.2) is 18.0 Å². The van der Waals surface area contributed by atoms with Crippen LogP contribution in [-0.2, 0) is 18.3 Å². The van der Waals surface area contributed by atoms with Crippen LogP contribution in [0, 0.1) is 17.1 Å². The Hall–Kier alpha value is -7.17. The molecule has 1 aromatic heterocycles. The number of aryl methyl sites for hydroxylation is 1. The number of piperazine rings is 1. The quantitative estimate of drug-likeness (QED) is 0.118. The fraction of sp³-hybridized carbons (Fsp3) is 0.388. The average Bonchev–Trinajstić information content (AvgIpc) is 3.77. The molecule has 354 valence electrons. The van der Waals surface area contributed by atoms with Crippen LogP contribution in [0.25, 0.3) is 10.9 Å². The van der Waals surface area contributed by atoms with Crippen molar-refractivity contribution >= 4 is 46.2 Å². The number of anilines is 2. The Kier molecular flexibility index (Phi) is 12.7. The summed E-state index contributed by atoms with van der Waals surface area (Å²) in [5.41, 5.74) is 3.00. The standard InChI is InChI=1S/C49H50F3N9O7/c1-4-67-41-26-31(10-13-39(41)66-3)36(14-18-53)61-46(63)33-6-5-7-37(44(33)47(61)64)58-22-24-59(25-23-58)42-16-20-57(29-49(42,51)52)19-15-30-8-11-32(12-9-30)68-40-28-38-34(27-35(40)50)45(55-56(38)2)60-21-17-43(62)54-48(60)65/h5-13,26-28,36,42H,4,14-17,19-25,29H2,1-3H3,(H,54,62,65)/t36-,42+/m1/s1. The number of aromatic nitrogens is 2. The third-order valence-electron chi connectivity index (χ3n) is 13.2. The Labute approximate surface area is 390 Å². The smallest absolute Gasteiger partial charge is 0.329 e. The highest BCUT2D eigenvalue weighted by molar-refractivity contribution is 6.24. The van der Waals surface area contributed by atoms with Gasteiger partial charge in [0.25, 0.3) is 17.7 Å². The highest BCUT2D eigenvalue weighted by Gasteiger charge is 2.48. The van der Waals surface area contributed by atoms with Gasteiger partial charge in [-0.1, -0.05) is 24.3 Å². The van der Waals surface area contributed by atoms with Crippen LogP contribution in [0.5, 0.6) is 23.0 Å². The van der Waals surface area contributed by atoms with Crippen molar-refractivity contribution in [1.29, 1.82) is 5.26 Å². The first kappa shape index (κ1) is 46.0. The lowest BCUT2D eigenvalue weighted by Gasteiger charge is -2.46. The minimum atomic E-state index is -2.98. The second-order valence-corrected chi connectivity index (χ2v) is 17.3. The number of nitrogens with one attached hydrogen (secondary N) is 1. The number of ether oxygens (including phenoxy) is 3. The van der Waals surface area contributed by atoms with Gasteiger partial charge in [-0.05, 0) is 73.4 Å². The maximum Gasteiger partial charge on any atom is 0.329 e. The van der Waals surface area contributed by atoms with E-state index < -0.39 is 41.7 Å². The molecular formula is C49H50F3N9O7. The zero-order valence-electron chi connectivity index (χ0n) is 37.8. The van der Waals surface area contributed by atoms with Gasteiger partial charge in [-0.3, -0.25) is 44.0 Å². The van der Waals surface area contributed by atoms with E-state index in [4.69, 9.17) is 14.2 Å². The van der Waals surface area contributed by atoms with Gasteiger partial charge >= 0.3 is 6.03 Å². The second-order valence-electron chi connectivity index (χ2n) is 17.3. The van der Waals surface area contributed by atoms with Crippen molar-refractivity contribution in [1.82, 2.24) is 29.8 Å². The molecule has 0 bridgehead atoms. The lowest BCUT2D eigenvalue weighted by Crippen LogP contribution is -2.62. The number of nitrogens with zero attached hydrogens (tertiary/aromatic N) is 8. The number of urea groups is 1. The van der Waals surface area contributed by atoms with Crippen LogP contribution < -0.4 is 29.3 Å². The summed E-state index contributed by atoms with van der Waals surface area (Å²) < 4.78 is 65.9. The molecule has 0 radical (unpaired) electrons. The molecule has 16 nitrogen and oxygen atoms in total. The predicted molar refractivity (Wildman–Crippen MR) is 244 cm³/mol. The number of alkyl halides is 2.